The minimum absolute atomic E-state index is 0.361. The number of rotatable bonds is 0. The fourth-order valence-electron chi connectivity index (χ4n) is 0.493. The van der Waals surface area contributed by atoms with Gasteiger partial charge in [0, 0.05) is 5.70 Å². The summed E-state index contributed by atoms with van der Waals surface area (Å²) >= 11 is 0. The Hall–Kier alpha value is -0.960. The summed E-state index contributed by atoms with van der Waals surface area (Å²) < 4.78 is 4.79. The van der Waals surface area contributed by atoms with E-state index < -0.39 is 0 Å². The van der Waals surface area contributed by atoms with E-state index in [1.54, 1.807) is 12.2 Å². The first-order valence-electron chi connectivity index (χ1n) is 2.34. The van der Waals surface area contributed by atoms with Crippen molar-refractivity contribution < 1.29 is 4.74 Å². The maximum atomic E-state index is 5.34. The normalized spacial score (nSPS) is 26.6. The topological polar surface area (TPSA) is 61.3 Å². The zero-order valence-corrected chi connectivity index (χ0v) is 4.37. The van der Waals surface area contributed by atoms with Gasteiger partial charge in [-0.1, -0.05) is 0 Å². The highest BCUT2D eigenvalue weighted by atomic mass is 16.5. The van der Waals surface area contributed by atoms with Gasteiger partial charge < -0.3 is 10.5 Å². The zero-order valence-electron chi connectivity index (χ0n) is 4.37. The Bertz CT molecular complexity index is 139. The van der Waals surface area contributed by atoms with E-state index in [9.17, 15) is 0 Å². The third kappa shape index (κ3) is 1.01. The van der Waals surface area contributed by atoms with Gasteiger partial charge in [0.05, 0.1) is 6.26 Å². The molecule has 0 aromatic heterocycles. The summed E-state index contributed by atoms with van der Waals surface area (Å²) in [5, 5.41) is 0. The van der Waals surface area contributed by atoms with Crippen LogP contribution in [0.3, 0.4) is 0 Å². The van der Waals surface area contributed by atoms with Crippen molar-refractivity contribution in [3.8, 4) is 0 Å². The Morgan fingerprint density at radius 2 is 2.38 bits per heavy atom. The van der Waals surface area contributed by atoms with Crippen LogP contribution < -0.4 is 11.5 Å². The van der Waals surface area contributed by atoms with E-state index in [4.69, 9.17) is 16.2 Å². The third-order valence-electron chi connectivity index (χ3n) is 0.853. The SMILES string of the molecule is NC1=CC(N)OC=C1. The molecule has 1 atom stereocenters. The molecule has 1 unspecified atom stereocenters. The third-order valence-corrected chi connectivity index (χ3v) is 0.853. The quantitative estimate of drug-likeness (QED) is 0.450. The summed E-state index contributed by atoms with van der Waals surface area (Å²) in [6, 6.07) is 0. The Labute approximate surface area is 47.6 Å². The second-order valence-electron chi connectivity index (χ2n) is 1.57. The van der Waals surface area contributed by atoms with E-state index in [2.05, 4.69) is 0 Å². The van der Waals surface area contributed by atoms with Gasteiger partial charge >= 0.3 is 0 Å². The van der Waals surface area contributed by atoms with Crippen LogP contribution in [0, 0.1) is 0 Å². The molecule has 44 valence electrons. The molecule has 4 N–H and O–H groups in total. The lowest BCUT2D eigenvalue weighted by molar-refractivity contribution is 0.188. The summed E-state index contributed by atoms with van der Waals surface area (Å²) in [7, 11) is 0. The molecule has 0 saturated heterocycles. The van der Waals surface area contributed by atoms with Gasteiger partial charge in [-0.2, -0.15) is 0 Å². The molecule has 0 aromatic carbocycles. The van der Waals surface area contributed by atoms with Crippen molar-refractivity contribution in [2.75, 3.05) is 0 Å². The van der Waals surface area contributed by atoms with Crippen LogP contribution in [0.15, 0.2) is 24.1 Å². The monoisotopic (exact) mass is 112 g/mol. The van der Waals surface area contributed by atoms with E-state index in [1.165, 1.54) is 6.26 Å². The fraction of sp³-hybridized carbons (Fsp3) is 0.200. The van der Waals surface area contributed by atoms with E-state index in [-0.39, 0.29) is 6.23 Å². The van der Waals surface area contributed by atoms with Crippen LogP contribution in [0.5, 0.6) is 0 Å². The molecule has 0 bridgehead atoms. The van der Waals surface area contributed by atoms with Gasteiger partial charge in [-0.3, -0.25) is 5.73 Å². The first-order valence-corrected chi connectivity index (χ1v) is 2.34. The van der Waals surface area contributed by atoms with Gasteiger partial charge in [0.25, 0.3) is 0 Å². The van der Waals surface area contributed by atoms with Crippen molar-refractivity contribution in [1.29, 1.82) is 0 Å². The first kappa shape index (κ1) is 5.18. The lowest BCUT2D eigenvalue weighted by atomic mass is 10.3. The molecule has 0 radical (unpaired) electrons. The molecule has 0 aliphatic carbocycles. The van der Waals surface area contributed by atoms with Crippen molar-refractivity contribution in [2.45, 2.75) is 6.23 Å². The van der Waals surface area contributed by atoms with Crippen LogP contribution >= 0.6 is 0 Å². The van der Waals surface area contributed by atoms with E-state index >= 15 is 0 Å². The van der Waals surface area contributed by atoms with Crippen LogP contribution in [-0.2, 0) is 4.74 Å². The van der Waals surface area contributed by atoms with Crippen molar-refractivity contribution in [1.82, 2.24) is 0 Å². The lowest BCUT2D eigenvalue weighted by Crippen LogP contribution is -2.22. The van der Waals surface area contributed by atoms with Crippen molar-refractivity contribution in [3.63, 3.8) is 0 Å². The molecule has 1 aliphatic heterocycles. The highest BCUT2D eigenvalue weighted by Crippen LogP contribution is 1.99. The first-order chi connectivity index (χ1) is 3.79. The molecular weight excluding hydrogens is 104 g/mol. The van der Waals surface area contributed by atoms with Crippen molar-refractivity contribution >= 4 is 0 Å². The Kier molecular flexibility index (Phi) is 1.22. The average molecular weight is 112 g/mol. The Morgan fingerprint density at radius 1 is 1.62 bits per heavy atom. The Morgan fingerprint density at radius 3 is 2.75 bits per heavy atom. The van der Waals surface area contributed by atoms with Crippen LogP contribution in [-0.4, -0.2) is 6.23 Å². The number of allylic oxidation sites excluding steroid dienone is 1. The van der Waals surface area contributed by atoms with Crippen molar-refractivity contribution in [2.24, 2.45) is 11.5 Å². The Balaban J connectivity index is 2.63. The second-order valence-corrected chi connectivity index (χ2v) is 1.57. The minimum atomic E-state index is -0.361. The van der Waals surface area contributed by atoms with E-state index in [1.807, 2.05) is 0 Å². The predicted octanol–water partition coefficient (Wildman–Crippen LogP) is -0.342. The lowest BCUT2D eigenvalue weighted by Gasteiger charge is -2.10. The van der Waals surface area contributed by atoms with E-state index in [0.29, 0.717) is 5.70 Å². The molecule has 0 fully saturated rings. The summed E-state index contributed by atoms with van der Waals surface area (Å²) in [5.74, 6) is 0. The van der Waals surface area contributed by atoms with E-state index in [0.717, 1.165) is 0 Å². The maximum absolute atomic E-state index is 5.34. The minimum Gasteiger partial charge on any atom is -0.479 e. The summed E-state index contributed by atoms with van der Waals surface area (Å²) in [6.45, 7) is 0. The van der Waals surface area contributed by atoms with Crippen LogP contribution in [0.4, 0.5) is 0 Å². The maximum Gasteiger partial charge on any atom is 0.168 e. The van der Waals surface area contributed by atoms with Crippen LogP contribution in [0.1, 0.15) is 0 Å². The second kappa shape index (κ2) is 1.88. The molecular formula is C5H8N2O. The van der Waals surface area contributed by atoms with Gasteiger partial charge in [-0.05, 0) is 12.2 Å². The van der Waals surface area contributed by atoms with Gasteiger partial charge in [0.15, 0.2) is 6.23 Å². The molecule has 0 saturated carbocycles. The highest BCUT2D eigenvalue weighted by molar-refractivity contribution is 5.17. The molecule has 8 heavy (non-hydrogen) atoms. The molecule has 0 spiro atoms. The van der Waals surface area contributed by atoms with Crippen molar-refractivity contribution in [3.05, 3.63) is 24.1 Å². The molecule has 3 nitrogen and oxygen atoms in total. The van der Waals surface area contributed by atoms with Gasteiger partial charge in [0.2, 0.25) is 0 Å². The molecule has 1 rings (SSSR count). The summed E-state index contributed by atoms with van der Waals surface area (Å²) in [5.41, 5.74) is 11.3. The standard InChI is InChI=1S/C5H8N2O/c6-4-1-2-8-5(7)3-4/h1-3,5H,6-7H2. The molecule has 0 aromatic rings. The zero-order chi connectivity index (χ0) is 5.98. The predicted molar refractivity (Wildman–Crippen MR) is 30.5 cm³/mol. The fourth-order valence-corrected chi connectivity index (χ4v) is 0.493. The summed E-state index contributed by atoms with van der Waals surface area (Å²) in [4.78, 5) is 0. The highest BCUT2D eigenvalue weighted by Gasteiger charge is 1.99. The van der Waals surface area contributed by atoms with Crippen LogP contribution in [0.2, 0.25) is 0 Å². The average Bonchev–Trinajstić information content (AvgIpc) is 1.64. The van der Waals surface area contributed by atoms with Gasteiger partial charge in [-0.25, -0.2) is 0 Å². The molecule has 1 heterocycles. The molecule has 0 amide bonds. The number of nitrogens with two attached hydrogens (primary N) is 2. The van der Waals surface area contributed by atoms with Gasteiger partial charge in [-0.15, -0.1) is 0 Å². The molecule has 1 aliphatic rings. The van der Waals surface area contributed by atoms with Crippen LogP contribution in [0.25, 0.3) is 0 Å². The largest absolute Gasteiger partial charge is 0.479 e. The molecule has 3 heteroatoms. The van der Waals surface area contributed by atoms with Gasteiger partial charge in [0.1, 0.15) is 0 Å². The number of hydrogen-bond donors (Lipinski definition) is 2. The number of ether oxygens (including phenoxy) is 1. The smallest absolute Gasteiger partial charge is 0.168 e. The number of hydrogen-bond acceptors (Lipinski definition) is 3. The summed E-state index contributed by atoms with van der Waals surface area (Å²) in [6.07, 6.45) is 4.42.